The van der Waals surface area contributed by atoms with Crippen molar-refractivity contribution in [2.75, 3.05) is 19.8 Å². The van der Waals surface area contributed by atoms with E-state index < -0.39 is 47.3 Å². The molecule has 1 fully saturated rings. The fourth-order valence-corrected chi connectivity index (χ4v) is 4.42. The maximum absolute atomic E-state index is 14.1. The first-order valence-corrected chi connectivity index (χ1v) is 10.5. The van der Waals surface area contributed by atoms with Crippen LogP contribution in [0.1, 0.15) is 47.0 Å². The molecule has 2 N–H and O–H groups in total. The van der Waals surface area contributed by atoms with Gasteiger partial charge in [0.2, 0.25) is 0 Å². The molecule has 1 aromatic heterocycles. The van der Waals surface area contributed by atoms with E-state index in [1.807, 2.05) is 4.90 Å². The Morgan fingerprint density at radius 2 is 1.97 bits per heavy atom. The highest BCUT2D eigenvalue weighted by atomic mass is 35.5. The summed E-state index contributed by atoms with van der Waals surface area (Å²) < 4.78 is 80.1. The number of fused-ring (bicyclic) bond motifs is 1. The van der Waals surface area contributed by atoms with Crippen LogP contribution in [0.4, 0.5) is 22.0 Å². The van der Waals surface area contributed by atoms with E-state index in [2.05, 4.69) is 4.98 Å². The highest BCUT2D eigenvalue weighted by Gasteiger charge is 2.43. The lowest BCUT2D eigenvalue weighted by Gasteiger charge is -2.41. The summed E-state index contributed by atoms with van der Waals surface area (Å²) in [5, 5.41) is 0. The van der Waals surface area contributed by atoms with Crippen molar-refractivity contribution in [3.8, 4) is 0 Å². The van der Waals surface area contributed by atoms with Gasteiger partial charge in [-0.25, -0.2) is 18.6 Å². The van der Waals surface area contributed by atoms with Gasteiger partial charge in [-0.1, -0.05) is 0 Å². The van der Waals surface area contributed by atoms with Gasteiger partial charge in [-0.2, -0.15) is 13.2 Å². The molecule has 35 heavy (non-hydrogen) atoms. The second-order valence-corrected chi connectivity index (χ2v) is 8.04. The Balaban J connectivity index is 0.00000216. The number of halogens is 7. The molecule has 1 saturated heterocycles. The van der Waals surface area contributed by atoms with Gasteiger partial charge in [0, 0.05) is 30.7 Å². The van der Waals surface area contributed by atoms with E-state index in [0.717, 1.165) is 18.2 Å². The summed E-state index contributed by atoms with van der Waals surface area (Å²) in [6.45, 7) is 2.05. The fraction of sp³-hybridized carbons (Fsp3) is 0.524. The standard InChI is InChI=1S/C21H23F5N4O3.2ClH/c1-2-32-20(31)17-19(21(24,25)26)28-16-9-29(5-6-30(16)17)12-8-15(27)18(33-10-12)13-7-11(22)3-4-14(13)23;;/h3-4,7,12,15,18H,2,5-6,8-10,27H2,1H3;2*1H/t12-,15+,18-;;/m1../s1. The number of aromatic nitrogens is 2. The molecule has 0 aliphatic carbocycles. The van der Waals surface area contributed by atoms with Crippen LogP contribution in [0.5, 0.6) is 0 Å². The molecule has 1 aromatic carbocycles. The summed E-state index contributed by atoms with van der Waals surface area (Å²) in [6, 6.07) is 2.15. The molecular formula is C21H25Cl2F5N4O3. The van der Waals surface area contributed by atoms with Crippen molar-refractivity contribution in [1.82, 2.24) is 14.5 Å². The molecule has 3 heterocycles. The summed E-state index contributed by atoms with van der Waals surface area (Å²) in [4.78, 5) is 17.8. The molecule has 7 nitrogen and oxygen atoms in total. The van der Waals surface area contributed by atoms with Crippen molar-refractivity contribution >= 4 is 30.8 Å². The minimum absolute atomic E-state index is 0. The quantitative estimate of drug-likeness (QED) is 0.463. The van der Waals surface area contributed by atoms with E-state index in [9.17, 15) is 26.7 Å². The third-order valence-corrected chi connectivity index (χ3v) is 5.92. The van der Waals surface area contributed by atoms with E-state index >= 15 is 0 Å². The smallest absolute Gasteiger partial charge is 0.435 e. The Morgan fingerprint density at radius 3 is 2.60 bits per heavy atom. The number of alkyl halides is 3. The lowest BCUT2D eigenvalue weighted by atomic mass is 9.93. The first kappa shape index (κ1) is 29.2. The molecule has 0 radical (unpaired) electrons. The Kier molecular flexibility index (Phi) is 9.51. The number of hydrogen-bond acceptors (Lipinski definition) is 6. The average Bonchev–Trinajstić information content (AvgIpc) is 3.15. The van der Waals surface area contributed by atoms with Crippen LogP contribution in [0.3, 0.4) is 0 Å². The second kappa shape index (κ2) is 11.4. The van der Waals surface area contributed by atoms with E-state index in [4.69, 9.17) is 15.2 Å². The Bertz CT molecular complexity index is 1050. The summed E-state index contributed by atoms with van der Waals surface area (Å²) >= 11 is 0. The SMILES string of the molecule is CCOC(=O)c1c(C(F)(F)F)nc2n1CCN([C@H]1CO[C@H](c3cc(F)ccc3F)[C@@H](N)C1)C2.Cl.Cl. The number of nitrogens with two attached hydrogens (primary N) is 1. The number of carbonyl (C=O) groups excluding carboxylic acids is 1. The molecule has 14 heteroatoms. The van der Waals surface area contributed by atoms with E-state index in [0.29, 0.717) is 13.0 Å². The number of nitrogens with zero attached hydrogens (tertiary/aromatic N) is 3. The third kappa shape index (κ3) is 5.88. The summed E-state index contributed by atoms with van der Waals surface area (Å²) in [5.41, 5.74) is 4.37. The van der Waals surface area contributed by atoms with Gasteiger partial charge in [0.05, 0.1) is 19.8 Å². The third-order valence-electron chi connectivity index (χ3n) is 5.92. The summed E-state index contributed by atoms with van der Waals surface area (Å²) in [6.07, 6.45) is -5.29. The van der Waals surface area contributed by atoms with Crippen molar-refractivity contribution < 1.29 is 36.2 Å². The van der Waals surface area contributed by atoms with Crippen molar-refractivity contribution in [1.29, 1.82) is 0 Å². The fourth-order valence-electron chi connectivity index (χ4n) is 4.42. The molecule has 4 rings (SSSR count). The van der Waals surface area contributed by atoms with Crippen LogP contribution in [0.25, 0.3) is 0 Å². The van der Waals surface area contributed by atoms with Crippen molar-refractivity contribution in [2.24, 2.45) is 5.73 Å². The van der Waals surface area contributed by atoms with Gasteiger partial charge in [-0.15, -0.1) is 24.8 Å². The van der Waals surface area contributed by atoms with Crippen molar-refractivity contribution in [3.05, 3.63) is 52.6 Å². The molecule has 0 bridgehead atoms. The van der Waals surface area contributed by atoms with Gasteiger partial charge >= 0.3 is 12.1 Å². The normalized spacial score (nSPS) is 22.5. The molecule has 3 atom stereocenters. The van der Waals surface area contributed by atoms with Crippen molar-refractivity contribution in [2.45, 2.75) is 50.8 Å². The largest absolute Gasteiger partial charge is 0.461 e. The van der Waals surface area contributed by atoms with E-state index in [-0.39, 0.29) is 68.5 Å². The average molecular weight is 547 g/mol. The second-order valence-electron chi connectivity index (χ2n) is 8.04. The molecule has 0 spiro atoms. The van der Waals surface area contributed by atoms with Gasteiger partial charge < -0.3 is 19.8 Å². The number of esters is 1. The van der Waals surface area contributed by atoms with Gasteiger partial charge in [-0.05, 0) is 31.5 Å². The molecule has 0 amide bonds. The number of imidazole rings is 1. The highest BCUT2D eigenvalue weighted by Crippen LogP contribution is 2.35. The van der Waals surface area contributed by atoms with Gasteiger partial charge in [0.25, 0.3) is 0 Å². The maximum atomic E-state index is 14.1. The van der Waals surface area contributed by atoms with Gasteiger partial charge in [0.1, 0.15) is 23.6 Å². The van der Waals surface area contributed by atoms with Gasteiger partial charge in [-0.3, -0.25) is 4.90 Å². The zero-order valence-electron chi connectivity index (χ0n) is 18.6. The topological polar surface area (TPSA) is 82.6 Å². The van der Waals surface area contributed by atoms with Crippen LogP contribution < -0.4 is 5.73 Å². The van der Waals surface area contributed by atoms with Crippen LogP contribution in [0, 0.1) is 11.6 Å². The monoisotopic (exact) mass is 546 g/mol. The Morgan fingerprint density at radius 1 is 1.26 bits per heavy atom. The maximum Gasteiger partial charge on any atom is 0.435 e. The Labute approximate surface area is 210 Å². The van der Waals surface area contributed by atoms with Crippen LogP contribution in [0.2, 0.25) is 0 Å². The van der Waals surface area contributed by atoms with Crippen LogP contribution in [-0.2, 0) is 28.7 Å². The molecule has 2 aliphatic rings. The molecule has 196 valence electrons. The van der Waals surface area contributed by atoms with E-state index in [1.165, 1.54) is 11.5 Å². The lowest BCUT2D eigenvalue weighted by Crippen LogP contribution is -2.51. The van der Waals surface area contributed by atoms with Crippen molar-refractivity contribution in [3.63, 3.8) is 0 Å². The minimum atomic E-state index is -4.81. The zero-order chi connectivity index (χ0) is 23.9. The number of rotatable bonds is 4. The molecule has 0 saturated carbocycles. The molecule has 2 aromatic rings. The minimum Gasteiger partial charge on any atom is -0.461 e. The highest BCUT2D eigenvalue weighted by molar-refractivity contribution is 5.89. The number of ether oxygens (including phenoxy) is 2. The molecular weight excluding hydrogens is 522 g/mol. The summed E-state index contributed by atoms with van der Waals surface area (Å²) in [7, 11) is 0. The number of carbonyl (C=O) groups is 1. The zero-order valence-corrected chi connectivity index (χ0v) is 20.2. The van der Waals surface area contributed by atoms with Gasteiger partial charge in [0.15, 0.2) is 11.4 Å². The first-order chi connectivity index (χ1) is 15.6. The Hall–Kier alpha value is -1.99. The lowest BCUT2D eigenvalue weighted by molar-refractivity contribution is -0.141. The van der Waals surface area contributed by atoms with E-state index in [1.54, 1.807) is 0 Å². The first-order valence-electron chi connectivity index (χ1n) is 10.5. The number of hydrogen-bond donors (Lipinski definition) is 1. The van der Waals surface area contributed by atoms with Crippen LogP contribution >= 0.6 is 24.8 Å². The predicted molar refractivity (Wildman–Crippen MR) is 120 cm³/mol. The molecule has 2 aliphatic heterocycles. The number of benzene rings is 1. The predicted octanol–water partition coefficient (Wildman–Crippen LogP) is 3.87. The van der Waals surface area contributed by atoms with Crippen LogP contribution in [-0.4, -0.2) is 52.3 Å². The van der Waals surface area contributed by atoms with Crippen LogP contribution in [0.15, 0.2) is 18.2 Å². The molecule has 0 unspecified atom stereocenters. The summed E-state index contributed by atoms with van der Waals surface area (Å²) in [5.74, 6) is -2.21.